The molecule has 0 saturated carbocycles. The highest BCUT2D eigenvalue weighted by Crippen LogP contribution is 2.26. The van der Waals surface area contributed by atoms with Crippen molar-refractivity contribution in [2.75, 3.05) is 19.6 Å². The molecule has 0 spiro atoms. The van der Waals surface area contributed by atoms with Crippen LogP contribution in [0.1, 0.15) is 30.9 Å². The van der Waals surface area contributed by atoms with Gasteiger partial charge >= 0.3 is 0 Å². The zero-order valence-corrected chi connectivity index (χ0v) is 13.4. The molecule has 0 radical (unpaired) electrons. The van der Waals surface area contributed by atoms with Crippen molar-refractivity contribution in [3.05, 3.63) is 29.3 Å². The van der Waals surface area contributed by atoms with Crippen LogP contribution in [0.5, 0.6) is 0 Å². The minimum absolute atomic E-state index is 0.263. The number of aryl methyl sites for hydroxylation is 1. The van der Waals surface area contributed by atoms with Crippen LogP contribution in [0.25, 0.3) is 0 Å². The summed E-state index contributed by atoms with van der Waals surface area (Å²) in [4.78, 5) is 0.362. The van der Waals surface area contributed by atoms with Gasteiger partial charge in [-0.1, -0.05) is 24.8 Å². The first-order chi connectivity index (χ1) is 9.95. The maximum Gasteiger partial charge on any atom is 0.243 e. The number of nitrogens with two attached hydrogens (primary N) is 1. The Hall–Kier alpha value is -1.35. The SMILES string of the molecule is Cc1ccc(C#CCN)cc1S(=O)(=O)N1CCCC(C)C1. The molecule has 1 aliphatic heterocycles. The van der Waals surface area contributed by atoms with Gasteiger partial charge in [0, 0.05) is 18.7 Å². The Morgan fingerprint density at radius 1 is 1.43 bits per heavy atom. The first-order valence-corrected chi connectivity index (χ1v) is 8.69. The lowest BCUT2D eigenvalue weighted by Crippen LogP contribution is -2.39. The summed E-state index contributed by atoms with van der Waals surface area (Å²) in [7, 11) is -3.44. The average Bonchev–Trinajstić information content (AvgIpc) is 2.46. The van der Waals surface area contributed by atoms with Crippen LogP contribution in [-0.2, 0) is 10.0 Å². The Morgan fingerprint density at radius 2 is 2.19 bits per heavy atom. The molecule has 0 amide bonds. The summed E-state index contributed by atoms with van der Waals surface area (Å²) in [6.45, 7) is 5.38. The summed E-state index contributed by atoms with van der Waals surface area (Å²) in [6.07, 6.45) is 2.01. The van der Waals surface area contributed by atoms with E-state index in [1.165, 1.54) is 0 Å². The third-order valence-electron chi connectivity index (χ3n) is 3.76. The molecule has 0 aromatic heterocycles. The molecule has 0 aliphatic carbocycles. The van der Waals surface area contributed by atoms with Crippen LogP contribution in [-0.4, -0.2) is 32.4 Å². The minimum Gasteiger partial charge on any atom is -0.320 e. The van der Waals surface area contributed by atoms with E-state index in [4.69, 9.17) is 5.73 Å². The van der Waals surface area contributed by atoms with E-state index in [-0.39, 0.29) is 6.54 Å². The summed E-state index contributed by atoms with van der Waals surface area (Å²) in [6, 6.07) is 5.29. The monoisotopic (exact) mass is 306 g/mol. The molecule has 1 fully saturated rings. The topological polar surface area (TPSA) is 63.4 Å². The molecule has 1 saturated heterocycles. The molecule has 114 valence electrons. The zero-order chi connectivity index (χ0) is 15.5. The highest BCUT2D eigenvalue weighted by molar-refractivity contribution is 7.89. The van der Waals surface area contributed by atoms with Gasteiger partial charge in [-0.2, -0.15) is 4.31 Å². The molecule has 4 nitrogen and oxygen atoms in total. The molecule has 1 aromatic rings. The molecule has 2 N–H and O–H groups in total. The van der Waals surface area contributed by atoms with E-state index in [0.717, 1.165) is 18.4 Å². The molecule has 0 bridgehead atoms. The van der Waals surface area contributed by atoms with Crippen molar-refractivity contribution in [2.24, 2.45) is 11.7 Å². The van der Waals surface area contributed by atoms with E-state index in [0.29, 0.717) is 29.5 Å². The maximum absolute atomic E-state index is 12.8. The van der Waals surface area contributed by atoms with Crippen LogP contribution < -0.4 is 5.73 Å². The lowest BCUT2D eigenvalue weighted by molar-refractivity contribution is 0.281. The lowest BCUT2D eigenvalue weighted by Gasteiger charge is -2.30. The molecular weight excluding hydrogens is 284 g/mol. The Balaban J connectivity index is 2.39. The number of nitrogens with zero attached hydrogens (tertiary/aromatic N) is 1. The number of benzene rings is 1. The second-order valence-corrected chi connectivity index (χ2v) is 7.50. The van der Waals surface area contributed by atoms with Crippen molar-refractivity contribution in [1.29, 1.82) is 0 Å². The van der Waals surface area contributed by atoms with Crippen LogP contribution in [0.2, 0.25) is 0 Å². The predicted molar refractivity (Wildman–Crippen MR) is 84.3 cm³/mol. The van der Waals surface area contributed by atoms with Gasteiger partial charge < -0.3 is 5.73 Å². The van der Waals surface area contributed by atoms with E-state index >= 15 is 0 Å². The molecule has 21 heavy (non-hydrogen) atoms. The van der Waals surface area contributed by atoms with Crippen molar-refractivity contribution >= 4 is 10.0 Å². The third-order valence-corrected chi connectivity index (χ3v) is 5.77. The van der Waals surface area contributed by atoms with E-state index in [1.54, 1.807) is 16.4 Å². The average molecular weight is 306 g/mol. The van der Waals surface area contributed by atoms with Crippen molar-refractivity contribution in [1.82, 2.24) is 4.31 Å². The second kappa shape index (κ2) is 6.61. The molecular formula is C16H22N2O2S. The molecule has 5 heteroatoms. The largest absolute Gasteiger partial charge is 0.320 e. The molecule has 1 heterocycles. The fourth-order valence-electron chi connectivity index (χ4n) is 2.61. The smallest absolute Gasteiger partial charge is 0.243 e. The Labute approximate surface area is 127 Å². The van der Waals surface area contributed by atoms with Gasteiger partial charge in [-0.15, -0.1) is 0 Å². The highest BCUT2D eigenvalue weighted by Gasteiger charge is 2.29. The third kappa shape index (κ3) is 3.65. The fraction of sp³-hybridized carbons (Fsp3) is 0.500. The van der Waals surface area contributed by atoms with Crippen molar-refractivity contribution in [2.45, 2.75) is 31.6 Å². The lowest BCUT2D eigenvalue weighted by atomic mass is 10.0. The first-order valence-electron chi connectivity index (χ1n) is 7.25. The van der Waals surface area contributed by atoms with Gasteiger partial charge in [0.25, 0.3) is 0 Å². The normalized spacial score (nSPS) is 19.9. The number of rotatable bonds is 2. The zero-order valence-electron chi connectivity index (χ0n) is 12.6. The number of hydrogen-bond donors (Lipinski definition) is 1. The van der Waals surface area contributed by atoms with Gasteiger partial charge in [-0.3, -0.25) is 0 Å². The molecule has 1 aliphatic rings. The van der Waals surface area contributed by atoms with Crippen LogP contribution in [0.3, 0.4) is 0 Å². The molecule has 1 atom stereocenters. The van der Waals surface area contributed by atoms with E-state index < -0.39 is 10.0 Å². The maximum atomic E-state index is 12.8. The standard InChI is InChI=1S/C16H22N2O2S/c1-13-5-4-10-18(12-13)21(19,20)16-11-15(6-3-9-17)8-7-14(16)2/h7-8,11,13H,4-5,9-10,12,17H2,1-2H3. The Morgan fingerprint density at radius 3 is 2.86 bits per heavy atom. The summed E-state index contributed by atoms with van der Waals surface area (Å²) in [5, 5.41) is 0. The predicted octanol–water partition coefficient (Wildman–Crippen LogP) is 1.73. The van der Waals surface area contributed by atoms with Crippen LogP contribution in [0.4, 0.5) is 0 Å². The quantitative estimate of drug-likeness (QED) is 0.846. The van der Waals surface area contributed by atoms with E-state index in [1.807, 2.05) is 13.0 Å². The number of hydrogen-bond acceptors (Lipinski definition) is 3. The Bertz CT molecular complexity index is 671. The van der Waals surface area contributed by atoms with Crippen molar-refractivity contribution < 1.29 is 8.42 Å². The summed E-state index contributed by atoms with van der Waals surface area (Å²) in [5.74, 6) is 6.07. The fourth-order valence-corrected chi connectivity index (χ4v) is 4.46. The van der Waals surface area contributed by atoms with Crippen LogP contribution >= 0.6 is 0 Å². The van der Waals surface area contributed by atoms with Gasteiger partial charge in [0.2, 0.25) is 10.0 Å². The summed E-state index contributed by atoms with van der Waals surface area (Å²) >= 11 is 0. The molecule has 1 aromatic carbocycles. The van der Waals surface area contributed by atoms with Gasteiger partial charge in [-0.05, 0) is 43.4 Å². The van der Waals surface area contributed by atoms with Gasteiger partial charge in [-0.25, -0.2) is 8.42 Å². The van der Waals surface area contributed by atoms with Crippen LogP contribution in [0, 0.1) is 24.7 Å². The molecule has 1 unspecified atom stereocenters. The number of sulfonamides is 1. The van der Waals surface area contributed by atoms with Gasteiger partial charge in [0.1, 0.15) is 0 Å². The van der Waals surface area contributed by atoms with E-state index in [2.05, 4.69) is 18.8 Å². The second-order valence-electron chi connectivity index (χ2n) is 5.60. The van der Waals surface area contributed by atoms with Crippen molar-refractivity contribution in [3.63, 3.8) is 0 Å². The van der Waals surface area contributed by atoms with Gasteiger partial charge in [0.15, 0.2) is 0 Å². The number of piperidine rings is 1. The summed E-state index contributed by atoms with van der Waals surface area (Å²) in [5.41, 5.74) is 6.81. The Kier molecular flexibility index (Phi) is 5.04. The first kappa shape index (κ1) is 16.0. The van der Waals surface area contributed by atoms with Gasteiger partial charge in [0.05, 0.1) is 11.4 Å². The summed E-state index contributed by atoms with van der Waals surface area (Å²) < 4.78 is 27.3. The van der Waals surface area contributed by atoms with Crippen molar-refractivity contribution in [3.8, 4) is 11.8 Å². The highest BCUT2D eigenvalue weighted by atomic mass is 32.2. The molecule has 2 rings (SSSR count). The minimum atomic E-state index is -3.44. The van der Waals surface area contributed by atoms with Crippen LogP contribution in [0.15, 0.2) is 23.1 Å². The van der Waals surface area contributed by atoms with E-state index in [9.17, 15) is 8.42 Å².